The number of hydrogen-bond donors (Lipinski definition) is 1. The second-order valence-corrected chi connectivity index (χ2v) is 7.80. The largest absolute Gasteiger partial charge is 0.350 e. The van der Waals surface area contributed by atoms with Crippen LogP contribution in [0.3, 0.4) is 0 Å². The zero-order valence-electron chi connectivity index (χ0n) is 16.9. The maximum atomic E-state index is 13.1. The number of carbonyl (C=O) groups excluding carboxylic acids is 1. The predicted octanol–water partition coefficient (Wildman–Crippen LogP) is 4.45. The van der Waals surface area contributed by atoms with E-state index in [2.05, 4.69) is 31.3 Å². The first-order valence-corrected chi connectivity index (χ1v) is 10.4. The molecule has 1 amide bonds. The zero-order chi connectivity index (χ0) is 19.7. The molecular formula is C23H28N4O. The lowest BCUT2D eigenvalue weighted by atomic mass is 10.0. The Labute approximate surface area is 166 Å². The van der Waals surface area contributed by atoms with Crippen LogP contribution in [0.1, 0.15) is 73.3 Å². The van der Waals surface area contributed by atoms with Gasteiger partial charge in [-0.2, -0.15) is 5.10 Å². The second-order valence-electron chi connectivity index (χ2n) is 7.80. The van der Waals surface area contributed by atoms with Crippen LogP contribution in [0.15, 0.2) is 36.4 Å². The fourth-order valence-electron chi connectivity index (χ4n) is 3.52. The molecule has 5 heteroatoms. The van der Waals surface area contributed by atoms with Gasteiger partial charge in [0.25, 0.3) is 5.91 Å². The van der Waals surface area contributed by atoms with Crippen molar-refractivity contribution >= 4 is 16.9 Å². The van der Waals surface area contributed by atoms with Gasteiger partial charge in [0, 0.05) is 17.7 Å². The molecule has 1 aliphatic rings. The molecule has 0 saturated heterocycles. The number of fused-ring (bicyclic) bond motifs is 1. The number of nitrogens with one attached hydrogen (secondary N) is 1. The highest BCUT2D eigenvalue weighted by atomic mass is 16.1. The molecule has 5 nitrogen and oxygen atoms in total. The number of rotatable bonds is 7. The van der Waals surface area contributed by atoms with E-state index in [-0.39, 0.29) is 11.9 Å². The van der Waals surface area contributed by atoms with Gasteiger partial charge >= 0.3 is 0 Å². The molecule has 1 aromatic carbocycles. The number of aryl methyl sites for hydroxylation is 1. The number of amides is 1. The Morgan fingerprint density at radius 2 is 2.00 bits per heavy atom. The quantitative estimate of drug-likeness (QED) is 0.663. The standard InChI is InChI=1S/C23H28N4O/c1-4-15(3)24-23(28)19-13-18(5-2)25-22-20(19)21(17-11-12-17)26-27(22)14-16-9-7-6-8-10-16/h6-10,13,15,17H,4-5,11-12,14H2,1-3H3,(H,24,28). The molecule has 1 aliphatic carbocycles. The average molecular weight is 377 g/mol. The van der Waals surface area contributed by atoms with E-state index in [4.69, 9.17) is 10.1 Å². The van der Waals surface area contributed by atoms with E-state index in [1.807, 2.05) is 35.9 Å². The van der Waals surface area contributed by atoms with E-state index >= 15 is 0 Å². The summed E-state index contributed by atoms with van der Waals surface area (Å²) in [6.07, 6.45) is 3.97. The summed E-state index contributed by atoms with van der Waals surface area (Å²) in [5.74, 6) is 0.432. The van der Waals surface area contributed by atoms with Crippen LogP contribution in [-0.2, 0) is 13.0 Å². The van der Waals surface area contributed by atoms with Gasteiger partial charge in [-0.25, -0.2) is 9.67 Å². The van der Waals surface area contributed by atoms with Gasteiger partial charge in [-0.15, -0.1) is 0 Å². The van der Waals surface area contributed by atoms with Crippen molar-refractivity contribution in [3.8, 4) is 0 Å². The van der Waals surface area contributed by atoms with E-state index < -0.39 is 0 Å². The molecule has 28 heavy (non-hydrogen) atoms. The van der Waals surface area contributed by atoms with Crippen molar-refractivity contribution in [2.75, 3.05) is 0 Å². The van der Waals surface area contributed by atoms with Gasteiger partial charge in [0.15, 0.2) is 5.65 Å². The minimum Gasteiger partial charge on any atom is -0.350 e. The number of hydrogen-bond acceptors (Lipinski definition) is 3. The van der Waals surface area contributed by atoms with Crippen LogP contribution in [0.2, 0.25) is 0 Å². The van der Waals surface area contributed by atoms with Crippen molar-refractivity contribution in [1.82, 2.24) is 20.1 Å². The van der Waals surface area contributed by atoms with Crippen molar-refractivity contribution in [2.45, 2.75) is 65.0 Å². The molecule has 146 valence electrons. The van der Waals surface area contributed by atoms with Crippen LogP contribution >= 0.6 is 0 Å². The van der Waals surface area contributed by atoms with Gasteiger partial charge in [0.2, 0.25) is 0 Å². The Bertz CT molecular complexity index is 989. The van der Waals surface area contributed by atoms with E-state index in [0.29, 0.717) is 12.5 Å². The van der Waals surface area contributed by atoms with E-state index in [1.165, 1.54) is 5.56 Å². The molecule has 2 aromatic heterocycles. The van der Waals surface area contributed by atoms with E-state index in [9.17, 15) is 4.79 Å². The topological polar surface area (TPSA) is 59.8 Å². The SMILES string of the molecule is CCc1cc(C(=O)NC(C)CC)c2c(C3CC3)nn(Cc3ccccc3)c2n1. The number of pyridine rings is 1. The highest BCUT2D eigenvalue weighted by Crippen LogP contribution is 2.43. The van der Waals surface area contributed by atoms with Crippen LogP contribution in [-0.4, -0.2) is 26.7 Å². The van der Waals surface area contributed by atoms with Crippen LogP contribution in [0, 0.1) is 0 Å². The monoisotopic (exact) mass is 376 g/mol. The molecule has 4 rings (SSSR count). The Hall–Kier alpha value is -2.69. The predicted molar refractivity (Wildman–Crippen MR) is 112 cm³/mol. The van der Waals surface area contributed by atoms with Crippen molar-refractivity contribution in [3.63, 3.8) is 0 Å². The van der Waals surface area contributed by atoms with Gasteiger partial charge in [0.05, 0.1) is 23.2 Å². The normalized spacial score (nSPS) is 15.0. The molecule has 1 atom stereocenters. The maximum absolute atomic E-state index is 13.1. The van der Waals surface area contributed by atoms with Crippen LogP contribution in [0.25, 0.3) is 11.0 Å². The number of benzene rings is 1. The smallest absolute Gasteiger partial charge is 0.252 e. The lowest BCUT2D eigenvalue weighted by molar-refractivity contribution is 0.0940. The van der Waals surface area contributed by atoms with Gasteiger partial charge in [0.1, 0.15) is 0 Å². The van der Waals surface area contributed by atoms with Crippen LogP contribution < -0.4 is 5.32 Å². The number of nitrogens with zero attached hydrogens (tertiary/aromatic N) is 3. The third-order valence-electron chi connectivity index (χ3n) is 5.52. The van der Waals surface area contributed by atoms with E-state index in [0.717, 1.165) is 53.7 Å². The molecular weight excluding hydrogens is 348 g/mol. The molecule has 0 spiro atoms. The molecule has 1 N–H and O–H groups in total. The average Bonchev–Trinajstić information content (AvgIpc) is 3.50. The molecule has 1 unspecified atom stereocenters. The first kappa shape index (κ1) is 18.7. The Balaban J connectivity index is 1.85. The van der Waals surface area contributed by atoms with Crippen molar-refractivity contribution < 1.29 is 4.79 Å². The summed E-state index contributed by atoms with van der Waals surface area (Å²) in [4.78, 5) is 18.0. The Kier molecular flexibility index (Phi) is 5.16. The van der Waals surface area contributed by atoms with Crippen molar-refractivity contribution in [3.05, 3.63) is 58.9 Å². The molecule has 1 saturated carbocycles. The molecule has 3 aromatic rings. The minimum atomic E-state index is -0.0161. The summed E-state index contributed by atoms with van der Waals surface area (Å²) in [7, 11) is 0. The van der Waals surface area contributed by atoms with E-state index in [1.54, 1.807) is 0 Å². The summed E-state index contributed by atoms with van der Waals surface area (Å²) < 4.78 is 1.98. The summed E-state index contributed by atoms with van der Waals surface area (Å²) in [6.45, 7) is 6.86. The third-order valence-corrected chi connectivity index (χ3v) is 5.52. The summed E-state index contributed by atoms with van der Waals surface area (Å²) in [6, 6.07) is 12.4. The number of aromatic nitrogens is 3. The zero-order valence-corrected chi connectivity index (χ0v) is 16.9. The maximum Gasteiger partial charge on any atom is 0.252 e. The van der Waals surface area contributed by atoms with Gasteiger partial charge in [-0.3, -0.25) is 4.79 Å². The van der Waals surface area contributed by atoms with Gasteiger partial charge < -0.3 is 5.32 Å². The highest BCUT2D eigenvalue weighted by molar-refractivity contribution is 6.07. The lowest BCUT2D eigenvalue weighted by Crippen LogP contribution is -2.32. The van der Waals surface area contributed by atoms with Crippen molar-refractivity contribution in [2.24, 2.45) is 0 Å². The third kappa shape index (κ3) is 3.66. The fourth-order valence-corrected chi connectivity index (χ4v) is 3.52. The van der Waals surface area contributed by atoms with Crippen molar-refractivity contribution in [1.29, 1.82) is 0 Å². The second kappa shape index (κ2) is 7.74. The number of carbonyl (C=O) groups is 1. The van der Waals surface area contributed by atoms with Crippen LogP contribution in [0.4, 0.5) is 0 Å². The lowest BCUT2D eigenvalue weighted by Gasteiger charge is -2.13. The molecule has 0 radical (unpaired) electrons. The summed E-state index contributed by atoms with van der Waals surface area (Å²) >= 11 is 0. The molecule has 1 fully saturated rings. The Morgan fingerprint density at radius 3 is 2.64 bits per heavy atom. The molecule has 0 bridgehead atoms. The first-order valence-electron chi connectivity index (χ1n) is 10.4. The highest BCUT2D eigenvalue weighted by Gasteiger charge is 2.32. The van der Waals surface area contributed by atoms with Gasteiger partial charge in [-0.1, -0.05) is 44.2 Å². The first-order chi connectivity index (χ1) is 13.6. The minimum absolute atomic E-state index is 0.0161. The Morgan fingerprint density at radius 1 is 1.25 bits per heavy atom. The summed E-state index contributed by atoms with van der Waals surface area (Å²) in [5, 5.41) is 9.01. The molecule has 2 heterocycles. The fraction of sp³-hybridized carbons (Fsp3) is 0.435. The van der Waals surface area contributed by atoms with Crippen LogP contribution in [0.5, 0.6) is 0 Å². The summed E-state index contributed by atoms with van der Waals surface area (Å²) in [5.41, 5.74) is 4.71. The van der Waals surface area contributed by atoms with Gasteiger partial charge in [-0.05, 0) is 44.2 Å². The molecule has 0 aliphatic heterocycles.